The van der Waals surface area contributed by atoms with Gasteiger partial charge in [0.2, 0.25) is 5.88 Å². The molecule has 0 aliphatic carbocycles. The van der Waals surface area contributed by atoms with E-state index in [-0.39, 0.29) is 5.69 Å². The van der Waals surface area contributed by atoms with Crippen molar-refractivity contribution < 1.29 is 19.0 Å². The Labute approximate surface area is 123 Å². The van der Waals surface area contributed by atoms with Crippen molar-refractivity contribution in [2.24, 2.45) is 0 Å². The molecule has 1 aliphatic rings. The first kappa shape index (κ1) is 15.7. The van der Waals surface area contributed by atoms with Crippen LogP contribution in [0.25, 0.3) is 0 Å². The maximum atomic E-state index is 10.9. The smallest absolute Gasteiger partial charge is 0.478 e. The van der Waals surface area contributed by atoms with E-state index in [9.17, 15) is 10.1 Å². The predicted molar refractivity (Wildman–Crippen MR) is 77.8 cm³/mol. The summed E-state index contributed by atoms with van der Waals surface area (Å²) in [6.45, 7) is 9.88. The topological polar surface area (TPSA) is 83.7 Å². The first-order chi connectivity index (χ1) is 9.68. The van der Waals surface area contributed by atoms with Gasteiger partial charge in [-0.15, -0.1) is 0 Å². The van der Waals surface area contributed by atoms with E-state index in [1.165, 1.54) is 12.3 Å². The monoisotopic (exact) mass is 294 g/mol. The summed E-state index contributed by atoms with van der Waals surface area (Å²) >= 11 is 0. The van der Waals surface area contributed by atoms with Crippen LogP contribution in [0.2, 0.25) is 0 Å². The summed E-state index contributed by atoms with van der Waals surface area (Å²) < 4.78 is 17.2. The van der Waals surface area contributed by atoms with Crippen molar-refractivity contribution in [3.05, 3.63) is 22.4 Å². The van der Waals surface area contributed by atoms with Crippen molar-refractivity contribution in [3.8, 4) is 5.88 Å². The van der Waals surface area contributed by atoms with Crippen LogP contribution in [-0.4, -0.2) is 34.8 Å². The summed E-state index contributed by atoms with van der Waals surface area (Å²) in [5, 5.41) is 10.9. The Hall–Kier alpha value is -1.67. The third-order valence-corrected chi connectivity index (χ3v) is 3.86. The lowest BCUT2D eigenvalue weighted by Crippen LogP contribution is -2.41. The van der Waals surface area contributed by atoms with Gasteiger partial charge < -0.3 is 14.0 Å². The fraction of sp³-hybridized carbons (Fsp3) is 0.615. The Kier molecular flexibility index (Phi) is 3.94. The van der Waals surface area contributed by atoms with Gasteiger partial charge in [-0.1, -0.05) is 0 Å². The Bertz CT molecular complexity index is 545. The van der Waals surface area contributed by atoms with Gasteiger partial charge in [0.25, 0.3) is 5.69 Å². The molecule has 2 rings (SSSR count). The van der Waals surface area contributed by atoms with Crippen LogP contribution in [0.1, 0.15) is 34.6 Å². The SMILES string of the molecule is CCOc1ncc([N+](=O)[O-])cc1B1OC(C)(C)C(C)(C)O1. The first-order valence-electron chi connectivity index (χ1n) is 6.80. The molecule has 0 amide bonds. The predicted octanol–water partition coefficient (Wildman–Crippen LogP) is 1.69. The van der Waals surface area contributed by atoms with E-state index < -0.39 is 23.2 Å². The van der Waals surface area contributed by atoms with Gasteiger partial charge in [-0.3, -0.25) is 10.1 Å². The number of nitro groups is 1. The number of ether oxygens (including phenoxy) is 1. The van der Waals surface area contributed by atoms with Crippen molar-refractivity contribution >= 4 is 18.3 Å². The van der Waals surface area contributed by atoms with Crippen molar-refractivity contribution in [2.75, 3.05) is 6.61 Å². The summed E-state index contributed by atoms with van der Waals surface area (Å²) in [6.07, 6.45) is 1.17. The second-order valence-corrected chi connectivity index (χ2v) is 5.87. The zero-order valence-electron chi connectivity index (χ0n) is 12.9. The van der Waals surface area contributed by atoms with Crippen LogP contribution in [0.5, 0.6) is 5.88 Å². The fourth-order valence-corrected chi connectivity index (χ4v) is 1.95. The Morgan fingerprint density at radius 1 is 1.33 bits per heavy atom. The molecule has 0 spiro atoms. The number of nitrogens with zero attached hydrogens (tertiary/aromatic N) is 2. The number of pyridine rings is 1. The average molecular weight is 294 g/mol. The standard InChI is InChI=1S/C13H19BN2O5/c1-6-19-11-10(7-9(8-15-11)16(17)18)14-20-12(2,3)13(4,5)21-14/h7-8H,6H2,1-5H3. The highest BCUT2D eigenvalue weighted by Crippen LogP contribution is 2.37. The molecule has 8 heteroatoms. The molecule has 0 N–H and O–H groups in total. The van der Waals surface area contributed by atoms with Crippen LogP contribution in [-0.2, 0) is 9.31 Å². The molecule has 0 radical (unpaired) electrons. The largest absolute Gasteiger partial charge is 0.500 e. The van der Waals surface area contributed by atoms with Crippen molar-refractivity contribution in [1.29, 1.82) is 0 Å². The van der Waals surface area contributed by atoms with E-state index >= 15 is 0 Å². The molecule has 1 saturated heterocycles. The maximum Gasteiger partial charge on any atom is 0.500 e. The van der Waals surface area contributed by atoms with E-state index in [2.05, 4.69) is 4.98 Å². The lowest BCUT2D eigenvalue weighted by atomic mass is 9.79. The number of hydrogen-bond acceptors (Lipinski definition) is 6. The summed E-state index contributed by atoms with van der Waals surface area (Å²) in [4.78, 5) is 14.4. The lowest BCUT2D eigenvalue weighted by Gasteiger charge is -2.32. The minimum absolute atomic E-state index is 0.122. The van der Waals surface area contributed by atoms with Gasteiger partial charge in [0, 0.05) is 6.07 Å². The highest BCUT2D eigenvalue weighted by Gasteiger charge is 2.53. The summed E-state index contributed by atoms with van der Waals surface area (Å²) in [5.74, 6) is 0.293. The van der Waals surface area contributed by atoms with E-state index in [1.54, 1.807) is 0 Å². The zero-order chi connectivity index (χ0) is 15.8. The molecule has 1 aromatic rings. The molecular formula is C13H19BN2O5. The summed E-state index contributed by atoms with van der Waals surface area (Å²) in [6, 6.07) is 1.39. The highest BCUT2D eigenvalue weighted by atomic mass is 16.7. The lowest BCUT2D eigenvalue weighted by molar-refractivity contribution is -0.385. The molecule has 1 fully saturated rings. The van der Waals surface area contributed by atoms with Gasteiger partial charge >= 0.3 is 7.12 Å². The van der Waals surface area contributed by atoms with Gasteiger partial charge in [-0.25, -0.2) is 4.98 Å². The van der Waals surface area contributed by atoms with Crippen molar-refractivity contribution in [3.63, 3.8) is 0 Å². The molecule has 1 aromatic heterocycles. The minimum atomic E-state index is -0.746. The summed E-state index contributed by atoms with van der Waals surface area (Å²) in [5.41, 5.74) is -0.759. The van der Waals surface area contributed by atoms with Crippen LogP contribution in [0.4, 0.5) is 5.69 Å². The normalized spacial score (nSPS) is 19.6. The molecule has 0 saturated carbocycles. The molecule has 114 valence electrons. The maximum absolute atomic E-state index is 10.9. The molecule has 0 bridgehead atoms. The molecule has 0 aromatic carbocycles. The van der Waals surface area contributed by atoms with Crippen molar-refractivity contribution in [1.82, 2.24) is 4.98 Å². The van der Waals surface area contributed by atoms with Crippen LogP contribution in [0, 0.1) is 10.1 Å². The van der Waals surface area contributed by atoms with Crippen LogP contribution < -0.4 is 10.2 Å². The van der Waals surface area contributed by atoms with E-state index in [0.717, 1.165) is 0 Å². The Balaban J connectivity index is 2.42. The van der Waals surface area contributed by atoms with E-state index in [0.29, 0.717) is 17.9 Å². The van der Waals surface area contributed by atoms with E-state index in [1.807, 2.05) is 34.6 Å². The quantitative estimate of drug-likeness (QED) is 0.477. The molecule has 21 heavy (non-hydrogen) atoms. The van der Waals surface area contributed by atoms with Gasteiger partial charge in [0.15, 0.2) is 0 Å². The number of rotatable bonds is 4. The molecule has 1 aliphatic heterocycles. The van der Waals surface area contributed by atoms with Gasteiger partial charge in [0.1, 0.15) is 6.20 Å². The molecule has 0 unspecified atom stereocenters. The van der Waals surface area contributed by atoms with Crippen molar-refractivity contribution in [2.45, 2.75) is 45.8 Å². The summed E-state index contributed by atoms with van der Waals surface area (Å²) in [7, 11) is -0.746. The van der Waals surface area contributed by atoms with Gasteiger partial charge in [-0.05, 0) is 34.6 Å². The highest BCUT2D eigenvalue weighted by molar-refractivity contribution is 6.63. The Morgan fingerprint density at radius 2 is 1.90 bits per heavy atom. The first-order valence-corrected chi connectivity index (χ1v) is 6.80. The zero-order valence-corrected chi connectivity index (χ0v) is 12.9. The number of aromatic nitrogens is 1. The third-order valence-electron chi connectivity index (χ3n) is 3.86. The molecular weight excluding hydrogens is 275 g/mol. The molecule has 2 heterocycles. The molecule has 7 nitrogen and oxygen atoms in total. The van der Waals surface area contributed by atoms with Crippen LogP contribution in [0.3, 0.4) is 0 Å². The minimum Gasteiger partial charge on any atom is -0.478 e. The molecule has 0 atom stereocenters. The fourth-order valence-electron chi connectivity index (χ4n) is 1.95. The second kappa shape index (κ2) is 5.27. The van der Waals surface area contributed by atoms with Gasteiger partial charge in [0.05, 0.1) is 28.2 Å². The van der Waals surface area contributed by atoms with Crippen LogP contribution >= 0.6 is 0 Å². The Morgan fingerprint density at radius 3 is 2.38 bits per heavy atom. The second-order valence-electron chi connectivity index (χ2n) is 5.87. The third kappa shape index (κ3) is 2.86. The van der Waals surface area contributed by atoms with E-state index in [4.69, 9.17) is 14.0 Å². The van der Waals surface area contributed by atoms with Crippen LogP contribution in [0.15, 0.2) is 12.3 Å². The number of hydrogen-bond donors (Lipinski definition) is 0. The average Bonchev–Trinajstić information content (AvgIpc) is 2.59. The van der Waals surface area contributed by atoms with Gasteiger partial charge in [-0.2, -0.15) is 0 Å².